The van der Waals surface area contributed by atoms with E-state index >= 15 is 0 Å². The van der Waals surface area contributed by atoms with Gasteiger partial charge in [-0.3, -0.25) is 0 Å². The monoisotopic (exact) mass is 1190 g/mol. The first-order valence-corrected chi connectivity index (χ1v) is 23.9. The average Bonchev–Trinajstić information content (AvgIpc) is 1.25. The molecule has 0 atom stereocenters. The molecule has 0 unspecified atom stereocenters. The third kappa shape index (κ3) is 24.1. The lowest BCUT2D eigenvalue weighted by atomic mass is 9.73. The van der Waals surface area contributed by atoms with Gasteiger partial charge in [0.2, 0.25) is 5.41 Å². The van der Waals surface area contributed by atoms with Gasteiger partial charge < -0.3 is 52.1 Å². The van der Waals surface area contributed by atoms with Crippen LogP contribution in [0.15, 0.2) is 194 Å². The van der Waals surface area contributed by atoms with E-state index < -0.39 is 28.9 Å². The zero-order chi connectivity index (χ0) is 57.9. The summed E-state index contributed by atoms with van der Waals surface area (Å²) in [6.45, 7) is 0. The Bertz CT molecular complexity index is 2650. The molecular weight excluding hydrogens is 1110 g/mol. The van der Waals surface area contributed by atoms with E-state index in [0.29, 0.717) is 0 Å². The molecular formula is C68H88F6O11. The maximum atomic E-state index is 13.8. The van der Waals surface area contributed by atoms with Crippen LogP contribution in [0.5, 0.6) is 69.0 Å². The molecule has 0 aliphatic rings. The van der Waals surface area contributed by atoms with Gasteiger partial charge in [0.1, 0.15) is 69.0 Å². The molecule has 11 nitrogen and oxygen atoms in total. The van der Waals surface area contributed by atoms with E-state index in [2.05, 4.69) is 24.3 Å². The van der Waals surface area contributed by atoms with Crippen LogP contribution in [0.4, 0.5) is 26.3 Å². The number of halogens is 6. The van der Waals surface area contributed by atoms with Crippen molar-refractivity contribution in [3.63, 3.8) is 0 Å². The summed E-state index contributed by atoms with van der Waals surface area (Å²) >= 11 is 0. The fraction of sp³-hybridized carbons (Fsp3) is 0.294. The lowest BCUT2D eigenvalue weighted by Gasteiger charge is -2.38. The highest BCUT2D eigenvalue weighted by Crippen LogP contribution is 2.56. The van der Waals surface area contributed by atoms with Crippen molar-refractivity contribution in [3.05, 3.63) is 216 Å². The second-order valence-electron chi connectivity index (χ2n) is 16.3. The number of alkyl halides is 6. The quantitative estimate of drug-likeness (QED) is 0.0865. The van der Waals surface area contributed by atoms with Crippen LogP contribution in [0.25, 0.3) is 0 Å². The lowest BCUT2D eigenvalue weighted by molar-refractivity contribution is -0.288. The molecule has 0 N–H and O–H groups in total. The number of hydrogen-bond acceptors (Lipinski definition) is 11. The maximum absolute atomic E-state index is 13.8. The van der Waals surface area contributed by atoms with Crippen molar-refractivity contribution in [2.45, 2.75) is 68.7 Å². The predicted octanol–water partition coefficient (Wildman–Crippen LogP) is 19.1. The summed E-state index contributed by atoms with van der Waals surface area (Å²) < 4.78 is 139. The molecule has 85 heavy (non-hydrogen) atoms. The van der Waals surface area contributed by atoms with Gasteiger partial charge >= 0.3 is 12.4 Å². The molecule has 0 radical (unpaired) electrons. The Morgan fingerprint density at radius 3 is 0.635 bits per heavy atom. The van der Waals surface area contributed by atoms with Gasteiger partial charge in [0.25, 0.3) is 0 Å². The average molecular weight is 1200 g/mol. The molecule has 17 heteroatoms. The third-order valence-electron chi connectivity index (χ3n) is 11.5. The highest BCUT2D eigenvalue weighted by molar-refractivity contribution is 5.47. The lowest BCUT2D eigenvalue weighted by Crippen LogP contribution is -2.54. The van der Waals surface area contributed by atoms with Crippen molar-refractivity contribution < 1.29 is 78.4 Å². The van der Waals surface area contributed by atoms with E-state index in [0.717, 1.165) is 112 Å². The number of hydrogen-bond donors (Lipinski definition) is 0. The molecule has 8 rings (SSSR count). The molecule has 0 aliphatic heterocycles. The number of ether oxygens (including phenoxy) is 11. The second kappa shape index (κ2) is 40.4. The molecule has 0 bridgehead atoms. The smallest absolute Gasteiger partial charge is 0.411 e. The van der Waals surface area contributed by atoms with E-state index in [1.165, 1.54) is 25.3 Å². The molecule has 0 aromatic heterocycles. The summed E-state index contributed by atoms with van der Waals surface area (Å²) in [5, 5.41) is 0. The molecule has 0 fully saturated rings. The van der Waals surface area contributed by atoms with Crippen LogP contribution in [0.2, 0.25) is 0 Å². The van der Waals surface area contributed by atoms with Crippen LogP contribution >= 0.6 is 0 Å². The van der Waals surface area contributed by atoms with Gasteiger partial charge in [-0.2, -0.15) is 26.3 Å². The van der Waals surface area contributed by atoms with E-state index in [4.69, 9.17) is 52.1 Å². The summed E-state index contributed by atoms with van der Waals surface area (Å²) in [5.74, 6) is 8.59. The van der Waals surface area contributed by atoms with Crippen molar-refractivity contribution in [1.82, 2.24) is 0 Å². The van der Waals surface area contributed by atoms with Gasteiger partial charge in [-0.1, -0.05) is 99.2 Å². The van der Waals surface area contributed by atoms with Gasteiger partial charge in [-0.25, -0.2) is 0 Å². The van der Waals surface area contributed by atoms with Gasteiger partial charge in [0, 0.05) is 6.07 Å². The Morgan fingerprint density at radius 1 is 0.247 bits per heavy atom. The summed E-state index contributed by atoms with van der Waals surface area (Å²) in [5.41, 5.74) is -3.51. The molecule has 0 aliphatic carbocycles. The minimum Gasteiger partial charge on any atom is -0.497 e. The van der Waals surface area contributed by atoms with Crippen molar-refractivity contribution in [3.8, 4) is 69.0 Å². The van der Waals surface area contributed by atoms with Crippen LogP contribution in [-0.4, -0.2) is 83.5 Å². The highest BCUT2D eigenvalue weighted by Gasteiger charge is 2.72. The molecule has 8 aromatic rings. The molecule has 0 saturated heterocycles. The summed E-state index contributed by atoms with van der Waals surface area (Å²) in [7, 11) is 15.7. The Labute approximate surface area is 501 Å². The van der Waals surface area contributed by atoms with Gasteiger partial charge in [0.05, 0.1) is 71.1 Å². The van der Waals surface area contributed by atoms with Gasteiger partial charge in [-0.05, 0) is 162 Å². The van der Waals surface area contributed by atoms with Crippen molar-refractivity contribution in [1.29, 1.82) is 0 Å². The first kappa shape index (κ1) is 80.4. The van der Waals surface area contributed by atoms with E-state index in [1.54, 1.807) is 56.9 Å². The topological polar surface area (TPSA) is 102 Å². The van der Waals surface area contributed by atoms with Crippen LogP contribution in [0.3, 0.4) is 0 Å². The van der Waals surface area contributed by atoms with Crippen LogP contribution in [-0.2, 0) is 11.8 Å². The predicted molar refractivity (Wildman–Crippen MR) is 333 cm³/mol. The number of benzene rings is 8. The molecule has 0 saturated carbocycles. The minimum absolute atomic E-state index is 0. The van der Waals surface area contributed by atoms with E-state index in [-0.39, 0.29) is 56.1 Å². The summed E-state index contributed by atoms with van der Waals surface area (Å²) in [6.07, 6.45) is -10.3. The molecule has 0 amide bonds. The van der Waals surface area contributed by atoms with E-state index in [1.807, 2.05) is 121 Å². The molecule has 0 spiro atoms. The molecule has 8 aromatic carbocycles. The summed E-state index contributed by atoms with van der Waals surface area (Å²) in [6, 6.07) is 53.4. The fourth-order valence-electron chi connectivity index (χ4n) is 7.25. The Kier molecular flexibility index (Phi) is 38.2. The SMILES string of the molecule is C.C.C.C.C.C.COc1ccc(C(c2ccc(OC)cc2)(C(F)(F)F)C(F)(F)F)cc1.COc1ccc(Cc2ccc(OC)cc2)cc1.COc1ccc(OC)cc1.COc1ccc(Oc2ccc(OC)cc2)cc1.COc1cccc(OC)c1. The fourth-order valence-corrected chi connectivity index (χ4v) is 7.25. The molecule has 468 valence electrons. The standard InChI is InChI=1S/C17H14F6O2.C15H16O2.C14H14O3.2C8H10O2.6CH4/c1-24-13-7-3-11(4-8-13)15(16(18,19)20,17(21,22)23)12-5-9-14(25-2)10-6-12;1-16-14-7-3-12(4-8-14)11-13-5-9-15(17-2)10-6-13;1-15-11-3-7-13(8-4-11)17-14-9-5-12(16-2)6-10-14;1-9-7-3-5-8(10-2)6-4-7;1-9-7-4-3-5-8(6-7)10-2;;;;;;/h3-10H,1-2H3;3-10H,11H2,1-2H3;3-10H,1-2H3;2*3-6H,1-2H3;6*1H4. The zero-order valence-electron chi connectivity index (χ0n) is 45.4. The van der Waals surface area contributed by atoms with Crippen molar-refractivity contribution >= 4 is 0 Å². The second-order valence-corrected chi connectivity index (χ2v) is 16.3. The normalized spacial score (nSPS) is 9.84. The van der Waals surface area contributed by atoms with E-state index in [9.17, 15) is 26.3 Å². The summed E-state index contributed by atoms with van der Waals surface area (Å²) in [4.78, 5) is 0. The van der Waals surface area contributed by atoms with Crippen molar-refractivity contribution in [2.75, 3.05) is 71.1 Å². The van der Waals surface area contributed by atoms with Gasteiger partial charge in [-0.15, -0.1) is 0 Å². The third-order valence-corrected chi connectivity index (χ3v) is 11.5. The molecule has 0 heterocycles. The van der Waals surface area contributed by atoms with Crippen LogP contribution < -0.4 is 52.1 Å². The maximum Gasteiger partial charge on any atom is 0.411 e. The first-order valence-electron chi connectivity index (χ1n) is 23.9. The highest BCUT2D eigenvalue weighted by atomic mass is 19.4. The zero-order valence-corrected chi connectivity index (χ0v) is 45.4. The minimum atomic E-state index is -5.62. The number of rotatable bonds is 16. The van der Waals surface area contributed by atoms with Gasteiger partial charge in [0.15, 0.2) is 0 Å². The van der Waals surface area contributed by atoms with Crippen molar-refractivity contribution in [2.24, 2.45) is 0 Å². The Hall–Kier alpha value is -8.86. The number of methoxy groups -OCH3 is 10. The first-order chi connectivity index (χ1) is 37.9. The Morgan fingerprint density at radius 2 is 0.435 bits per heavy atom. The Balaban J connectivity index is -0.00000101. The van der Waals surface area contributed by atoms with Crippen LogP contribution in [0.1, 0.15) is 66.8 Å². The van der Waals surface area contributed by atoms with Crippen LogP contribution in [0, 0.1) is 0 Å². The largest absolute Gasteiger partial charge is 0.497 e.